The zero-order valence-corrected chi connectivity index (χ0v) is 11.7. The molecule has 0 fully saturated rings. The van der Waals surface area contributed by atoms with Crippen molar-refractivity contribution >= 4 is 12.2 Å². The maximum atomic E-state index is 11.6. The highest BCUT2D eigenvalue weighted by Crippen LogP contribution is 2.12. The number of carbonyl (C=O) groups is 1. The van der Waals surface area contributed by atoms with Crippen molar-refractivity contribution in [3.05, 3.63) is 30.3 Å². The van der Waals surface area contributed by atoms with Crippen LogP contribution in [0.15, 0.2) is 35.5 Å². The van der Waals surface area contributed by atoms with Crippen LogP contribution in [-0.4, -0.2) is 30.6 Å². The Balaban J connectivity index is 2.22. The van der Waals surface area contributed by atoms with Crippen LogP contribution in [0.3, 0.4) is 0 Å². The Morgan fingerprint density at radius 2 is 2.10 bits per heavy atom. The van der Waals surface area contributed by atoms with E-state index in [1.165, 1.54) is 6.21 Å². The largest absolute Gasteiger partial charge is 0.494 e. The number of hydrogen-bond donors (Lipinski definition) is 1. The summed E-state index contributed by atoms with van der Waals surface area (Å²) in [4.78, 5) is 11.6. The first-order valence-electron chi connectivity index (χ1n) is 6.80. The molecule has 0 radical (unpaired) electrons. The third kappa shape index (κ3) is 6.22. The van der Waals surface area contributed by atoms with Gasteiger partial charge in [0.25, 0.3) is 0 Å². The van der Waals surface area contributed by atoms with Gasteiger partial charge in [0, 0.05) is 0 Å². The van der Waals surface area contributed by atoms with Crippen molar-refractivity contribution in [3.63, 3.8) is 0 Å². The molecular formula is C15H21NO4. The third-order valence-electron chi connectivity index (χ3n) is 2.76. The van der Waals surface area contributed by atoms with Crippen LogP contribution in [0.2, 0.25) is 0 Å². The van der Waals surface area contributed by atoms with Gasteiger partial charge in [-0.15, -0.1) is 5.16 Å². The molecule has 1 aromatic carbocycles. The Bertz CT molecular complexity index is 406. The highest BCUT2D eigenvalue weighted by Gasteiger charge is 2.17. The number of hydrogen-bond acceptors (Lipinski definition) is 5. The van der Waals surface area contributed by atoms with Gasteiger partial charge in [0.1, 0.15) is 5.75 Å². The van der Waals surface area contributed by atoms with Crippen molar-refractivity contribution in [1.29, 1.82) is 0 Å². The molecule has 1 unspecified atom stereocenters. The van der Waals surface area contributed by atoms with Crippen LogP contribution in [0.4, 0.5) is 0 Å². The first kappa shape index (κ1) is 16.0. The molecule has 0 aromatic heterocycles. The number of unbranched alkanes of at least 4 members (excludes halogenated alkanes) is 1. The fraction of sp³-hybridized carbons (Fsp3) is 0.467. The summed E-state index contributed by atoms with van der Waals surface area (Å²) in [6, 6.07) is 9.58. The van der Waals surface area contributed by atoms with Crippen molar-refractivity contribution < 1.29 is 19.5 Å². The molecule has 0 bridgehead atoms. The van der Waals surface area contributed by atoms with Gasteiger partial charge in [-0.1, -0.05) is 18.2 Å². The lowest BCUT2D eigenvalue weighted by Crippen LogP contribution is -2.19. The Hall–Kier alpha value is -2.04. The van der Waals surface area contributed by atoms with E-state index in [-0.39, 0.29) is 5.97 Å². The first-order valence-corrected chi connectivity index (χ1v) is 6.80. The summed E-state index contributed by atoms with van der Waals surface area (Å²) in [5.74, 6) is -0.00248. The van der Waals surface area contributed by atoms with E-state index >= 15 is 0 Å². The fourth-order valence-electron chi connectivity index (χ4n) is 1.76. The van der Waals surface area contributed by atoms with Crippen LogP contribution >= 0.6 is 0 Å². The SMILES string of the molecule is CCOC(=O)C(/C=N\O)CCCCOc1ccccc1. The predicted octanol–water partition coefficient (Wildman–Crippen LogP) is 2.88. The zero-order valence-electron chi connectivity index (χ0n) is 11.7. The topological polar surface area (TPSA) is 68.1 Å². The second-order valence-corrected chi connectivity index (χ2v) is 4.28. The molecule has 1 rings (SSSR count). The first-order chi connectivity index (χ1) is 9.77. The number of rotatable bonds is 9. The molecule has 0 aliphatic heterocycles. The molecular weight excluding hydrogens is 258 g/mol. The van der Waals surface area contributed by atoms with Gasteiger partial charge in [0.05, 0.1) is 25.3 Å². The molecule has 1 aromatic rings. The van der Waals surface area contributed by atoms with Gasteiger partial charge in [-0.05, 0) is 38.3 Å². The minimum atomic E-state index is -0.489. The van der Waals surface area contributed by atoms with Gasteiger partial charge >= 0.3 is 5.97 Å². The van der Waals surface area contributed by atoms with Crippen LogP contribution < -0.4 is 4.74 Å². The minimum absolute atomic E-state index is 0.325. The van der Waals surface area contributed by atoms with Crippen molar-refractivity contribution in [2.24, 2.45) is 11.1 Å². The Labute approximate surface area is 119 Å². The number of esters is 1. The Kier molecular flexibility index (Phi) is 7.87. The van der Waals surface area contributed by atoms with Crippen LogP contribution in [0.1, 0.15) is 26.2 Å². The number of benzene rings is 1. The summed E-state index contributed by atoms with van der Waals surface area (Å²) >= 11 is 0. The minimum Gasteiger partial charge on any atom is -0.494 e. The summed E-state index contributed by atoms with van der Waals surface area (Å²) in [6.45, 7) is 2.67. The molecule has 0 saturated heterocycles. The molecule has 5 nitrogen and oxygen atoms in total. The highest BCUT2D eigenvalue weighted by atomic mass is 16.5. The van der Waals surface area contributed by atoms with Crippen LogP contribution in [0.5, 0.6) is 5.75 Å². The predicted molar refractivity (Wildman–Crippen MR) is 76.2 cm³/mol. The molecule has 0 spiro atoms. The second-order valence-electron chi connectivity index (χ2n) is 4.28. The zero-order chi connectivity index (χ0) is 14.6. The van der Waals surface area contributed by atoms with E-state index in [4.69, 9.17) is 14.7 Å². The summed E-state index contributed by atoms with van der Waals surface area (Å²) < 4.78 is 10.5. The quantitative estimate of drug-likeness (QED) is 0.248. The Morgan fingerprint density at radius 3 is 2.75 bits per heavy atom. The van der Waals surface area contributed by atoms with Gasteiger partial charge in [-0.25, -0.2) is 0 Å². The second kappa shape index (κ2) is 9.83. The summed E-state index contributed by atoms with van der Waals surface area (Å²) in [6.07, 6.45) is 3.42. The number of oxime groups is 1. The maximum Gasteiger partial charge on any atom is 0.314 e. The standard InChI is InChI=1S/C15H21NO4/c1-2-19-15(17)13(12-16-18)8-6-7-11-20-14-9-4-3-5-10-14/h3-5,9-10,12-13,18H,2,6-8,11H2,1H3/b16-12-. The maximum absolute atomic E-state index is 11.6. The van der Waals surface area contributed by atoms with Crippen molar-refractivity contribution in [2.75, 3.05) is 13.2 Å². The highest BCUT2D eigenvalue weighted by molar-refractivity contribution is 5.89. The van der Waals surface area contributed by atoms with Gasteiger partial charge < -0.3 is 14.7 Å². The van der Waals surface area contributed by atoms with E-state index in [0.717, 1.165) is 18.6 Å². The average Bonchev–Trinajstić information content (AvgIpc) is 2.47. The monoisotopic (exact) mass is 279 g/mol. The van der Waals surface area contributed by atoms with Crippen molar-refractivity contribution in [1.82, 2.24) is 0 Å². The molecule has 5 heteroatoms. The van der Waals surface area contributed by atoms with E-state index in [1.54, 1.807) is 6.92 Å². The fourth-order valence-corrected chi connectivity index (χ4v) is 1.76. The normalized spacial score (nSPS) is 12.2. The molecule has 0 amide bonds. The smallest absolute Gasteiger partial charge is 0.314 e. The molecule has 0 aliphatic rings. The number of ether oxygens (including phenoxy) is 2. The van der Waals surface area contributed by atoms with Crippen LogP contribution in [-0.2, 0) is 9.53 Å². The summed E-state index contributed by atoms with van der Waals surface area (Å²) in [7, 11) is 0. The summed E-state index contributed by atoms with van der Waals surface area (Å²) in [5, 5.41) is 11.5. The Morgan fingerprint density at radius 1 is 1.35 bits per heavy atom. The number of para-hydroxylation sites is 1. The number of carbonyl (C=O) groups excluding carboxylic acids is 1. The third-order valence-corrected chi connectivity index (χ3v) is 2.76. The van der Waals surface area contributed by atoms with E-state index in [0.29, 0.717) is 19.6 Å². The van der Waals surface area contributed by atoms with Crippen molar-refractivity contribution in [2.45, 2.75) is 26.2 Å². The molecule has 0 heterocycles. The summed E-state index contributed by atoms with van der Waals surface area (Å²) in [5.41, 5.74) is 0. The van der Waals surface area contributed by atoms with E-state index in [2.05, 4.69) is 5.16 Å². The number of nitrogens with zero attached hydrogens (tertiary/aromatic N) is 1. The lowest BCUT2D eigenvalue weighted by molar-refractivity contribution is -0.145. The lowest BCUT2D eigenvalue weighted by atomic mass is 10.0. The molecule has 1 N–H and O–H groups in total. The molecule has 1 atom stereocenters. The van der Waals surface area contributed by atoms with E-state index in [1.807, 2.05) is 30.3 Å². The van der Waals surface area contributed by atoms with Gasteiger partial charge in [-0.3, -0.25) is 4.79 Å². The van der Waals surface area contributed by atoms with E-state index in [9.17, 15) is 4.79 Å². The lowest BCUT2D eigenvalue weighted by Gasteiger charge is -2.10. The van der Waals surface area contributed by atoms with Crippen molar-refractivity contribution in [3.8, 4) is 5.75 Å². The van der Waals surface area contributed by atoms with Gasteiger partial charge in [0.2, 0.25) is 0 Å². The average molecular weight is 279 g/mol. The van der Waals surface area contributed by atoms with Gasteiger partial charge in [0.15, 0.2) is 0 Å². The molecule has 110 valence electrons. The van der Waals surface area contributed by atoms with Crippen LogP contribution in [0, 0.1) is 5.92 Å². The van der Waals surface area contributed by atoms with Gasteiger partial charge in [-0.2, -0.15) is 0 Å². The van der Waals surface area contributed by atoms with E-state index < -0.39 is 5.92 Å². The molecule has 0 aliphatic carbocycles. The molecule has 0 saturated carbocycles. The molecule has 20 heavy (non-hydrogen) atoms. The van der Waals surface area contributed by atoms with Crippen LogP contribution in [0.25, 0.3) is 0 Å².